The molecule has 4 nitrogen and oxygen atoms in total. The number of hydrogen-bond donors (Lipinski definition) is 3. The summed E-state index contributed by atoms with van der Waals surface area (Å²) < 4.78 is 13.1. The number of ether oxygens (including phenoxy) is 2. The van der Waals surface area contributed by atoms with Crippen LogP contribution in [0.25, 0.3) is 0 Å². The lowest BCUT2D eigenvalue weighted by atomic mass is 10.2. The quantitative estimate of drug-likeness (QED) is 0.510. The number of nitrogens with one attached hydrogen (secondary N) is 2. The van der Waals surface area contributed by atoms with E-state index in [1.165, 1.54) is 0 Å². The van der Waals surface area contributed by atoms with Crippen molar-refractivity contribution in [2.24, 2.45) is 0 Å². The van der Waals surface area contributed by atoms with Crippen molar-refractivity contribution in [2.45, 2.75) is 0 Å². The van der Waals surface area contributed by atoms with E-state index in [0.717, 1.165) is 30.3 Å². The predicted molar refractivity (Wildman–Crippen MR) is 65.0 cm³/mol. The lowest BCUT2D eigenvalue weighted by Gasteiger charge is -2.10. The molecule has 5 heteroatoms. The summed E-state index contributed by atoms with van der Waals surface area (Å²) in [6, 6.07) is 5.71. The van der Waals surface area contributed by atoms with Gasteiger partial charge in [0.15, 0.2) is 11.5 Å². The van der Waals surface area contributed by atoms with Gasteiger partial charge in [-0.25, -0.2) is 0 Å². The highest BCUT2D eigenvalue weighted by Crippen LogP contribution is 2.29. The Labute approximate surface area is 95.5 Å². The van der Waals surface area contributed by atoms with Crippen LogP contribution in [0.3, 0.4) is 0 Å². The predicted octanol–water partition coefficient (Wildman–Crippen LogP) is 1.55. The van der Waals surface area contributed by atoms with E-state index >= 15 is 0 Å². The fourth-order valence-corrected chi connectivity index (χ4v) is 1.32. The van der Waals surface area contributed by atoms with Crippen molar-refractivity contribution >= 4 is 18.5 Å². The van der Waals surface area contributed by atoms with E-state index in [2.05, 4.69) is 22.9 Å². The van der Waals surface area contributed by atoms with Gasteiger partial charge in [0.2, 0.25) is 0 Å². The lowest BCUT2D eigenvalue weighted by molar-refractivity contribution is 0.355. The maximum Gasteiger partial charge on any atom is 0.162 e. The summed E-state index contributed by atoms with van der Waals surface area (Å²) in [5, 5.41) is 3.22. The number of hydrogen-bond acceptors (Lipinski definition) is 5. The molecule has 0 spiro atoms. The van der Waals surface area contributed by atoms with Crippen molar-refractivity contribution in [2.75, 3.05) is 32.6 Å². The number of rotatable bonds is 6. The van der Waals surface area contributed by atoms with Crippen LogP contribution < -0.4 is 19.5 Å². The summed E-state index contributed by atoms with van der Waals surface area (Å²) in [4.78, 5) is 0. The molecule has 84 valence electrons. The van der Waals surface area contributed by atoms with Crippen LogP contribution in [-0.2, 0) is 0 Å². The van der Waals surface area contributed by atoms with Gasteiger partial charge in [-0.15, -0.1) is 0 Å². The molecule has 0 atom stereocenters. The molecule has 0 radical (unpaired) electrons. The van der Waals surface area contributed by atoms with Gasteiger partial charge in [-0.3, -0.25) is 4.72 Å². The summed E-state index contributed by atoms with van der Waals surface area (Å²) in [6.45, 7) is 1.59. The lowest BCUT2D eigenvalue weighted by Crippen LogP contribution is -2.14. The molecule has 0 saturated heterocycles. The molecule has 0 fully saturated rings. The molecule has 0 aliphatic carbocycles. The fourth-order valence-electron chi connectivity index (χ4n) is 1.21. The van der Waals surface area contributed by atoms with Crippen LogP contribution in [0.5, 0.6) is 11.5 Å². The first-order valence-corrected chi connectivity index (χ1v) is 5.09. The van der Waals surface area contributed by atoms with E-state index in [0.29, 0.717) is 0 Å². The third kappa shape index (κ3) is 3.53. The average molecular weight is 228 g/mol. The maximum atomic E-state index is 5.19. The molecule has 0 heterocycles. The zero-order valence-corrected chi connectivity index (χ0v) is 9.80. The van der Waals surface area contributed by atoms with Crippen molar-refractivity contribution in [3.8, 4) is 11.5 Å². The van der Waals surface area contributed by atoms with Crippen molar-refractivity contribution in [3.63, 3.8) is 0 Å². The Kier molecular flexibility index (Phi) is 5.14. The second-order valence-electron chi connectivity index (χ2n) is 2.90. The summed E-state index contributed by atoms with van der Waals surface area (Å²) >= 11 is 3.90. The van der Waals surface area contributed by atoms with Crippen molar-refractivity contribution < 1.29 is 9.47 Å². The molecular weight excluding hydrogens is 212 g/mol. The molecule has 0 aliphatic heterocycles. The van der Waals surface area contributed by atoms with Gasteiger partial charge < -0.3 is 14.8 Å². The monoisotopic (exact) mass is 228 g/mol. The van der Waals surface area contributed by atoms with Gasteiger partial charge in [0.25, 0.3) is 0 Å². The zero-order chi connectivity index (χ0) is 11.1. The first kappa shape index (κ1) is 12.0. The minimum Gasteiger partial charge on any atom is -0.493 e. The second-order valence-corrected chi connectivity index (χ2v) is 3.22. The van der Waals surface area contributed by atoms with Crippen molar-refractivity contribution in [3.05, 3.63) is 18.2 Å². The Bertz CT molecular complexity index is 307. The van der Waals surface area contributed by atoms with Crippen LogP contribution in [-0.4, -0.2) is 27.3 Å². The van der Waals surface area contributed by atoms with E-state index < -0.39 is 0 Å². The normalized spacial score (nSPS) is 9.80. The molecule has 1 aromatic rings. The summed E-state index contributed by atoms with van der Waals surface area (Å²) in [6.07, 6.45) is 0. The Balaban J connectivity index is 2.66. The number of thiol groups is 1. The molecule has 0 unspecified atom stereocenters. The molecule has 2 N–H and O–H groups in total. The zero-order valence-electron chi connectivity index (χ0n) is 8.91. The Morgan fingerprint density at radius 2 is 1.87 bits per heavy atom. The van der Waals surface area contributed by atoms with Crippen LogP contribution in [0.4, 0.5) is 5.69 Å². The molecule has 0 bridgehead atoms. The number of anilines is 1. The van der Waals surface area contributed by atoms with Crippen LogP contribution in [0.2, 0.25) is 0 Å². The highest BCUT2D eigenvalue weighted by atomic mass is 32.1. The fraction of sp³-hybridized carbons (Fsp3) is 0.400. The van der Waals surface area contributed by atoms with Crippen molar-refractivity contribution in [1.82, 2.24) is 4.72 Å². The molecule has 1 rings (SSSR count). The molecule has 0 saturated carbocycles. The Morgan fingerprint density at radius 3 is 2.47 bits per heavy atom. The smallest absolute Gasteiger partial charge is 0.162 e. The standard InChI is InChI=1S/C10H16N2O2S/c1-13-9-4-3-8(7-10(9)14-2)11-5-6-12-15/h3-4,7,11-12,15H,5-6H2,1-2H3. The Hall–Kier alpha value is -1.07. The van der Waals surface area contributed by atoms with Crippen LogP contribution in [0.15, 0.2) is 18.2 Å². The largest absolute Gasteiger partial charge is 0.493 e. The Morgan fingerprint density at radius 1 is 1.13 bits per heavy atom. The molecule has 1 aromatic carbocycles. The molecule has 0 amide bonds. The second kappa shape index (κ2) is 6.42. The third-order valence-corrected chi connectivity index (χ3v) is 2.17. The first-order chi connectivity index (χ1) is 7.31. The minimum absolute atomic E-state index is 0.723. The van der Waals surface area contributed by atoms with E-state index in [9.17, 15) is 0 Å². The van der Waals surface area contributed by atoms with Gasteiger partial charge in [0, 0.05) is 24.8 Å². The van der Waals surface area contributed by atoms with E-state index in [-0.39, 0.29) is 0 Å². The summed E-state index contributed by atoms with van der Waals surface area (Å²) in [5.74, 6) is 1.46. The van der Waals surface area contributed by atoms with Gasteiger partial charge >= 0.3 is 0 Å². The number of methoxy groups -OCH3 is 2. The van der Waals surface area contributed by atoms with Crippen molar-refractivity contribution in [1.29, 1.82) is 0 Å². The SMILES string of the molecule is COc1ccc(NCCNS)cc1OC. The molecule has 15 heavy (non-hydrogen) atoms. The van der Waals surface area contributed by atoms with Crippen LogP contribution >= 0.6 is 12.8 Å². The van der Waals surface area contributed by atoms with Gasteiger partial charge in [-0.2, -0.15) is 0 Å². The first-order valence-electron chi connectivity index (χ1n) is 4.64. The van der Waals surface area contributed by atoms with Gasteiger partial charge in [0.05, 0.1) is 14.2 Å². The highest BCUT2D eigenvalue weighted by Gasteiger charge is 2.03. The van der Waals surface area contributed by atoms with E-state index in [1.54, 1.807) is 14.2 Å². The van der Waals surface area contributed by atoms with Crippen LogP contribution in [0.1, 0.15) is 0 Å². The molecular formula is C10H16N2O2S. The van der Waals surface area contributed by atoms with Gasteiger partial charge in [-0.05, 0) is 12.1 Å². The summed E-state index contributed by atoms with van der Waals surface area (Å²) in [5.41, 5.74) is 0.997. The maximum absolute atomic E-state index is 5.19. The average Bonchev–Trinajstić information content (AvgIpc) is 2.29. The highest BCUT2D eigenvalue weighted by molar-refractivity contribution is 7.78. The summed E-state index contributed by atoms with van der Waals surface area (Å²) in [7, 11) is 3.24. The molecule has 0 aliphatic rings. The van der Waals surface area contributed by atoms with Crippen LogP contribution in [0, 0.1) is 0 Å². The topological polar surface area (TPSA) is 42.5 Å². The van der Waals surface area contributed by atoms with E-state index in [1.807, 2.05) is 18.2 Å². The minimum atomic E-state index is 0.723. The number of benzene rings is 1. The van der Waals surface area contributed by atoms with E-state index in [4.69, 9.17) is 9.47 Å². The third-order valence-electron chi connectivity index (χ3n) is 1.95. The van der Waals surface area contributed by atoms with Gasteiger partial charge in [0.1, 0.15) is 0 Å². The molecule has 0 aromatic heterocycles. The van der Waals surface area contributed by atoms with Gasteiger partial charge in [-0.1, -0.05) is 12.8 Å².